The lowest BCUT2D eigenvalue weighted by atomic mass is 10.0. The molecule has 2 N–H and O–H groups in total. The molecule has 0 spiro atoms. The molecule has 3 aromatic rings. The number of nitrogens with one attached hydrogen (secondary N) is 2. The van der Waals surface area contributed by atoms with E-state index in [9.17, 15) is 13.2 Å². The van der Waals surface area contributed by atoms with Crippen LogP contribution in [0.25, 0.3) is 10.2 Å². The number of carbonyl (C=O) groups excluding carboxylic acids is 1. The van der Waals surface area contributed by atoms with E-state index in [1.54, 1.807) is 12.1 Å². The minimum absolute atomic E-state index is 0.0693. The number of amides is 1. The lowest BCUT2D eigenvalue weighted by molar-refractivity contribution is -0.118. The Morgan fingerprint density at radius 3 is 2.45 bits per heavy atom. The fourth-order valence-electron chi connectivity index (χ4n) is 2.81. The quantitative estimate of drug-likeness (QED) is 0.565. The lowest BCUT2D eigenvalue weighted by Gasteiger charge is -2.19. The highest BCUT2D eigenvalue weighted by atomic mass is 32.2. The Bertz CT molecular complexity index is 1060. The third kappa shape index (κ3) is 5.31. The normalized spacial score (nSPS) is 12.8. The van der Waals surface area contributed by atoms with Crippen LogP contribution in [0.2, 0.25) is 0 Å². The average molecular weight is 434 g/mol. The number of benzene rings is 2. The van der Waals surface area contributed by atoms with E-state index in [-0.39, 0.29) is 10.8 Å². The van der Waals surface area contributed by atoms with E-state index in [0.29, 0.717) is 17.3 Å². The molecule has 0 bridgehead atoms. The highest BCUT2D eigenvalue weighted by Crippen LogP contribution is 2.26. The molecule has 29 heavy (non-hydrogen) atoms. The largest absolute Gasteiger partial charge is 0.497 e. The summed E-state index contributed by atoms with van der Waals surface area (Å²) in [6.45, 7) is 3.86. The van der Waals surface area contributed by atoms with Crippen LogP contribution in [0.5, 0.6) is 5.75 Å². The van der Waals surface area contributed by atoms with Gasteiger partial charge in [-0.25, -0.2) is 13.4 Å². The van der Waals surface area contributed by atoms with Gasteiger partial charge in [0, 0.05) is 0 Å². The van der Waals surface area contributed by atoms with Crippen molar-refractivity contribution in [2.24, 2.45) is 5.92 Å². The van der Waals surface area contributed by atoms with E-state index in [1.165, 1.54) is 30.6 Å². The maximum absolute atomic E-state index is 12.8. The average Bonchev–Trinajstić information content (AvgIpc) is 3.09. The fourth-order valence-corrected chi connectivity index (χ4v) is 4.89. The molecule has 0 saturated heterocycles. The SMILES string of the molecule is COc1ccc(S(=O)(=O)NC(CC(C)C)C(=O)Nc2nc3ccccc3s2)cc1. The summed E-state index contributed by atoms with van der Waals surface area (Å²) in [6, 6.07) is 12.6. The van der Waals surface area contributed by atoms with Gasteiger partial charge >= 0.3 is 0 Å². The van der Waals surface area contributed by atoms with Crippen LogP contribution in [0.1, 0.15) is 20.3 Å². The van der Waals surface area contributed by atoms with Crippen molar-refractivity contribution in [3.8, 4) is 5.75 Å². The van der Waals surface area contributed by atoms with E-state index < -0.39 is 22.0 Å². The summed E-state index contributed by atoms with van der Waals surface area (Å²) >= 11 is 1.35. The van der Waals surface area contributed by atoms with Gasteiger partial charge in [0.15, 0.2) is 5.13 Å². The molecule has 1 atom stereocenters. The third-order valence-corrected chi connectivity index (χ3v) is 6.65. The standard InChI is InChI=1S/C20H23N3O4S2/c1-13(2)12-17(23-29(25,26)15-10-8-14(27-3)9-11-15)19(24)22-20-21-16-6-4-5-7-18(16)28-20/h4-11,13,17,23H,12H2,1-3H3,(H,21,22,24). The zero-order valence-corrected chi connectivity index (χ0v) is 18.0. The van der Waals surface area contributed by atoms with E-state index in [1.807, 2.05) is 38.1 Å². The molecule has 154 valence electrons. The van der Waals surface area contributed by atoms with Gasteiger partial charge in [-0.15, -0.1) is 0 Å². The lowest BCUT2D eigenvalue weighted by Crippen LogP contribution is -2.44. The van der Waals surface area contributed by atoms with Crippen molar-refractivity contribution in [3.63, 3.8) is 0 Å². The molecule has 0 aliphatic carbocycles. The number of fused-ring (bicyclic) bond motifs is 1. The van der Waals surface area contributed by atoms with Gasteiger partial charge in [-0.05, 0) is 48.7 Å². The highest BCUT2D eigenvalue weighted by Gasteiger charge is 2.27. The Morgan fingerprint density at radius 1 is 1.14 bits per heavy atom. The van der Waals surface area contributed by atoms with Gasteiger partial charge in [-0.1, -0.05) is 37.3 Å². The molecule has 0 aliphatic heterocycles. The van der Waals surface area contributed by atoms with Crippen LogP contribution in [-0.4, -0.2) is 32.5 Å². The summed E-state index contributed by atoms with van der Waals surface area (Å²) in [5, 5.41) is 3.19. The number of hydrogen-bond donors (Lipinski definition) is 2. The number of anilines is 1. The molecule has 2 aromatic carbocycles. The number of methoxy groups -OCH3 is 1. The summed E-state index contributed by atoms with van der Waals surface area (Å²) in [5.41, 5.74) is 0.784. The number of rotatable bonds is 8. The molecule has 3 rings (SSSR count). The predicted molar refractivity (Wildman–Crippen MR) is 115 cm³/mol. The molecule has 0 saturated carbocycles. The second kappa shape index (κ2) is 8.89. The van der Waals surface area contributed by atoms with E-state index >= 15 is 0 Å². The van der Waals surface area contributed by atoms with Crippen LogP contribution in [-0.2, 0) is 14.8 Å². The Morgan fingerprint density at radius 2 is 1.83 bits per heavy atom. The molecule has 1 heterocycles. The van der Waals surface area contributed by atoms with Crippen LogP contribution in [0.3, 0.4) is 0 Å². The number of carbonyl (C=O) groups is 1. The first-order valence-electron chi connectivity index (χ1n) is 9.11. The van der Waals surface area contributed by atoms with Crippen LogP contribution in [0, 0.1) is 5.92 Å². The van der Waals surface area contributed by atoms with Crippen molar-refractivity contribution in [2.75, 3.05) is 12.4 Å². The minimum Gasteiger partial charge on any atom is -0.497 e. The van der Waals surface area contributed by atoms with Crippen molar-refractivity contribution in [3.05, 3.63) is 48.5 Å². The topological polar surface area (TPSA) is 97.4 Å². The molecular weight excluding hydrogens is 410 g/mol. The third-order valence-electron chi connectivity index (χ3n) is 4.21. The van der Waals surface area contributed by atoms with Crippen LogP contribution in [0.15, 0.2) is 53.4 Å². The van der Waals surface area contributed by atoms with Gasteiger partial charge in [-0.3, -0.25) is 4.79 Å². The Kier molecular flexibility index (Phi) is 6.51. The maximum atomic E-state index is 12.8. The Balaban J connectivity index is 1.79. The van der Waals surface area contributed by atoms with E-state index in [2.05, 4.69) is 15.0 Å². The predicted octanol–water partition coefficient (Wildman–Crippen LogP) is 3.64. The Hall–Kier alpha value is -2.49. The molecule has 0 fully saturated rings. The van der Waals surface area contributed by atoms with Gasteiger partial charge in [-0.2, -0.15) is 4.72 Å². The van der Waals surface area contributed by atoms with Crippen molar-refractivity contribution in [1.29, 1.82) is 0 Å². The van der Waals surface area contributed by atoms with Crippen molar-refractivity contribution >= 4 is 42.6 Å². The molecule has 0 aliphatic rings. The van der Waals surface area contributed by atoms with Crippen LogP contribution < -0.4 is 14.8 Å². The number of nitrogens with zero attached hydrogens (tertiary/aromatic N) is 1. The number of aromatic nitrogens is 1. The van der Waals surface area contributed by atoms with Crippen molar-refractivity contribution in [2.45, 2.75) is 31.2 Å². The minimum atomic E-state index is -3.88. The number of para-hydroxylation sites is 1. The molecular formula is C20H23N3O4S2. The van der Waals surface area contributed by atoms with Crippen LogP contribution in [0.4, 0.5) is 5.13 Å². The molecule has 0 radical (unpaired) electrons. The number of thiazole rings is 1. The molecule has 9 heteroatoms. The van der Waals surface area contributed by atoms with Gasteiger partial charge < -0.3 is 10.1 Å². The van der Waals surface area contributed by atoms with E-state index in [0.717, 1.165) is 10.2 Å². The van der Waals surface area contributed by atoms with Gasteiger partial charge in [0.2, 0.25) is 15.9 Å². The summed E-state index contributed by atoms with van der Waals surface area (Å²) in [4.78, 5) is 17.3. The van der Waals surface area contributed by atoms with Crippen molar-refractivity contribution < 1.29 is 17.9 Å². The molecule has 1 amide bonds. The monoisotopic (exact) mass is 433 g/mol. The van der Waals surface area contributed by atoms with Gasteiger partial charge in [0.25, 0.3) is 0 Å². The highest BCUT2D eigenvalue weighted by molar-refractivity contribution is 7.89. The second-order valence-corrected chi connectivity index (χ2v) is 9.70. The Labute approximate surface area is 174 Å². The van der Waals surface area contributed by atoms with Gasteiger partial charge in [0.1, 0.15) is 11.8 Å². The van der Waals surface area contributed by atoms with E-state index in [4.69, 9.17) is 4.74 Å². The maximum Gasteiger partial charge on any atom is 0.244 e. The summed E-state index contributed by atoms with van der Waals surface area (Å²) in [7, 11) is -2.37. The smallest absolute Gasteiger partial charge is 0.244 e. The van der Waals surface area contributed by atoms with Crippen LogP contribution >= 0.6 is 11.3 Å². The summed E-state index contributed by atoms with van der Waals surface area (Å²) < 4.78 is 34.1. The number of hydrogen-bond acceptors (Lipinski definition) is 6. The molecule has 1 unspecified atom stereocenters. The first-order valence-corrected chi connectivity index (χ1v) is 11.4. The fraction of sp³-hybridized carbons (Fsp3) is 0.300. The zero-order chi connectivity index (χ0) is 21.0. The first-order chi connectivity index (χ1) is 13.8. The van der Waals surface area contributed by atoms with Crippen molar-refractivity contribution in [1.82, 2.24) is 9.71 Å². The zero-order valence-electron chi connectivity index (χ0n) is 16.4. The number of ether oxygens (including phenoxy) is 1. The molecule has 7 nitrogen and oxygen atoms in total. The summed E-state index contributed by atoms with van der Waals surface area (Å²) in [5.74, 6) is 0.228. The summed E-state index contributed by atoms with van der Waals surface area (Å²) in [6.07, 6.45) is 0.353. The number of sulfonamides is 1. The first kappa shape index (κ1) is 21.2. The second-order valence-electron chi connectivity index (χ2n) is 6.95. The molecule has 1 aromatic heterocycles. The van der Waals surface area contributed by atoms with Gasteiger partial charge in [0.05, 0.1) is 22.2 Å².